The molecule has 1 fully saturated rings. The van der Waals surface area contributed by atoms with Gasteiger partial charge in [-0.05, 0) is 19.8 Å². The highest BCUT2D eigenvalue weighted by molar-refractivity contribution is 5.89. The van der Waals surface area contributed by atoms with Crippen LogP contribution in [-0.2, 0) is 14.3 Å². The van der Waals surface area contributed by atoms with Crippen LogP contribution in [0.3, 0.4) is 0 Å². The number of rotatable bonds is 3. The molecule has 4 heteroatoms. The number of hydrogen-bond donors (Lipinski definition) is 1. The number of carbonyl (C=O) groups is 2. The third kappa shape index (κ3) is 2.54. The molecule has 0 aromatic heterocycles. The van der Waals surface area contributed by atoms with Crippen LogP contribution in [0.25, 0.3) is 0 Å². The van der Waals surface area contributed by atoms with Gasteiger partial charge in [0.1, 0.15) is 11.8 Å². The highest BCUT2D eigenvalue weighted by Gasteiger charge is 2.32. The summed E-state index contributed by atoms with van der Waals surface area (Å²) in [6.07, 6.45) is 3.17. The Hall–Kier alpha value is -0.900. The summed E-state index contributed by atoms with van der Waals surface area (Å²) in [5.74, 6) is -0.660. The minimum absolute atomic E-state index is 0.108. The van der Waals surface area contributed by atoms with Gasteiger partial charge in [-0.3, -0.25) is 9.59 Å². The molecule has 0 aromatic carbocycles. The van der Waals surface area contributed by atoms with Crippen LogP contribution in [0, 0.1) is 5.92 Å². The first-order chi connectivity index (χ1) is 6.66. The largest absolute Gasteiger partial charge is 0.465 e. The third-order valence-electron chi connectivity index (χ3n) is 2.59. The summed E-state index contributed by atoms with van der Waals surface area (Å²) in [6, 6.07) is -0.761. The summed E-state index contributed by atoms with van der Waals surface area (Å²) < 4.78 is 4.79. The van der Waals surface area contributed by atoms with Crippen molar-refractivity contribution in [1.82, 2.24) is 0 Å². The zero-order valence-electron chi connectivity index (χ0n) is 8.49. The Kier molecular flexibility index (Phi) is 4.07. The molecule has 0 saturated heterocycles. The van der Waals surface area contributed by atoms with Gasteiger partial charge in [0.15, 0.2) is 0 Å². The van der Waals surface area contributed by atoms with Crippen LogP contribution in [0.1, 0.15) is 32.6 Å². The van der Waals surface area contributed by atoms with Crippen LogP contribution in [0.15, 0.2) is 0 Å². The average Bonchev–Trinajstić information content (AvgIpc) is 2.18. The molecule has 0 radical (unpaired) electrons. The second-order valence-electron chi connectivity index (χ2n) is 3.60. The van der Waals surface area contributed by atoms with E-state index in [1.54, 1.807) is 6.92 Å². The van der Waals surface area contributed by atoms with Crippen LogP contribution in [-0.4, -0.2) is 24.4 Å². The summed E-state index contributed by atoms with van der Waals surface area (Å²) in [5.41, 5.74) is 5.67. The lowest BCUT2D eigenvalue weighted by Gasteiger charge is -2.24. The Morgan fingerprint density at radius 3 is 2.93 bits per heavy atom. The minimum Gasteiger partial charge on any atom is -0.465 e. The van der Waals surface area contributed by atoms with Gasteiger partial charge in [0.2, 0.25) is 0 Å². The van der Waals surface area contributed by atoms with E-state index in [-0.39, 0.29) is 11.7 Å². The van der Waals surface area contributed by atoms with E-state index in [9.17, 15) is 9.59 Å². The summed E-state index contributed by atoms with van der Waals surface area (Å²) in [6.45, 7) is 2.04. The molecule has 80 valence electrons. The van der Waals surface area contributed by atoms with Gasteiger partial charge in [-0.15, -0.1) is 0 Å². The van der Waals surface area contributed by atoms with Gasteiger partial charge in [0, 0.05) is 12.3 Å². The molecule has 0 spiro atoms. The third-order valence-corrected chi connectivity index (χ3v) is 2.59. The van der Waals surface area contributed by atoms with Gasteiger partial charge < -0.3 is 10.5 Å². The number of ketones is 1. The quantitative estimate of drug-likeness (QED) is 0.677. The summed E-state index contributed by atoms with van der Waals surface area (Å²) in [7, 11) is 0. The Bertz CT molecular complexity index is 227. The van der Waals surface area contributed by atoms with Gasteiger partial charge in [-0.1, -0.05) is 6.42 Å². The SMILES string of the molecule is CCOC(=O)[C@@H](N)[C@H]1CCCCC1=O. The molecule has 4 nitrogen and oxygen atoms in total. The standard InChI is InChI=1S/C10H17NO3/c1-2-14-10(13)9(11)7-5-3-4-6-8(7)12/h7,9H,2-6,11H2,1H3/t7-,9-/m0/s1. The first-order valence-electron chi connectivity index (χ1n) is 5.11. The number of esters is 1. The molecule has 1 saturated carbocycles. The lowest BCUT2D eigenvalue weighted by molar-refractivity contribution is -0.148. The molecule has 2 N–H and O–H groups in total. The predicted octanol–water partition coefficient (Wildman–Crippen LogP) is 0.636. The number of Topliss-reactive ketones (excluding diaryl/α,β-unsaturated/α-hetero) is 1. The molecule has 0 heterocycles. The normalized spacial score (nSPS) is 24.4. The van der Waals surface area contributed by atoms with Crippen molar-refractivity contribution in [2.75, 3.05) is 6.61 Å². The van der Waals surface area contributed by atoms with E-state index in [0.717, 1.165) is 19.3 Å². The molecular weight excluding hydrogens is 182 g/mol. The van der Waals surface area contributed by atoms with Crippen LogP contribution in [0.2, 0.25) is 0 Å². The highest BCUT2D eigenvalue weighted by atomic mass is 16.5. The fourth-order valence-corrected chi connectivity index (χ4v) is 1.79. The van der Waals surface area contributed by atoms with E-state index in [2.05, 4.69) is 0 Å². The average molecular weight is 199 g/mol. The van der Waals surface area contributed by atoms with E-state index >= 15 is 0 Å². The molecule has 0 unspecified atom stereocenters. The zero-order valence-corrected chi connectivity index (χ0v) is 8.49. The number of carbonyl (C=O) groups excluding carboxylic acids is 2. The van der Waals surface area contributed by atoms with Gasteiger partial charge in [-0.25, -0.2) is 0 Å². The number of hydrogen-bond acceptors (Lipinski definition) is 4. The molecule has 0 bridgehead atoms. The molecule has 1 aliphatic rings. The maximum atomic E-state index is 11.5. The second-order valence-corrected chi connectivity index (χ2v) is 3.60. The van der Waals surface area contributed by atoms with Crippen molar-refractivity contribution in [3.63, 3.8) is 0 Å². The number of nitrogens with two attached hydrogens (primary N) is 1. The monoisotopic (exact) mass is 199 g/mol. The van der Waals surface area contributed by atoms with Crippen molar-refractivity contribution < 1.29 is 14.3 Å². The van der Waals surface area contributed by atoms with Crippen molar-refractivity contribution in [2.24, 2.45) is 11.7 Å². The van der Waals surface area contributed by atoms with E-state index in [1.165, 1.54) is 0 Å². The van der Waals surface area contributed by atoms with Crippen molar-refractivity contribution in [1.29, 1.82) is 0 Å². The number of ether oxygens (including phenoxy) is 1. The van der Waals surface area contributed by atoms with E-state index in [1.807, 2.05) is 0 Å². The summed E-state index contributed by atoms with van der Waals surface area (Å²) in [5, 5.41) is 0. The van der Waals surface area contributed by atoms with Crippen LogP contribution in [0.5, 0.6) is 0 Å². The molecule has 0 aromatic rings. The summed E-state index contributed by atoms with van der Waals surface area (Å²) in [4.78, 5) is 22.7. The smallest absolute Gasteiger partial charge is 0.323 e. The fourth-order valence-electron chi connectivity index (χ4n) is 1.79. The Morgan fingerprint density at radius 2 is 2.36 bits per heavy atom. The van der Waals surface area contributed by atoms with Crippen molar-refractivity contribution in [3.8, 4) is 0 Å². The molecule has 0 amide bonds. The van der Waals surface area contributed by atoms with Gasteiger partial charge in [0.25, 0.3) is 0 Å². The zero-order chi connectivity index (χ0) is 10.6. The van der Waals surface area contributed by atoms with Crippen LogP contribution >= 0.6 is 0 Å². The summed E-state index contributed by atoms with van der Waals surface area (Å²) >= 11 is 0. The van der Waals surface area contributed by atoms with Crippen LogP contribution in [0.4, 0.5) is 0 Å². The maximum absolute atomic E-state index is 11.5. The molecule has 14 heavy (non-hydrogen) atoms. The first-order valence-corrected chi connectivity index (χ1v) is 5.11. The van der Waals surface area contributed by atoms with E-state index in [4.69, 9.17) is 10.5 Å². The van der Waals surface area contributed by atoms with E-state index in [0.29, 0.717) is 13.0 Å². The molecule has 1 rings (SSSR count). The Balaban J connectivity index is 2.53. The Morgan fingerprint density at radius 1 is 1.64 bits per heavy atom. The molecule has 2 atom stereocenters. The van der Waals surface area contributed by atoms with Gasteiger partial charge >= 0.3 is 5.97 Å². The molecule has 0 aliphatic heterocycles. The lowest BCUT2D eigenvalue weighted by atomic mass is 9.83. The molecular formula is C10H17NO3. The van der Waals surface area contributed by atoms with E-state index < -0.39 is 12.0 Å². The van der Waals surface area contributed by atoms with Crippen LogP contribution < -0.4 is 5.73 Å². The van der Waals surface area contributed by atoms with Crippen molar-refractivity contribution in [3.05, 3.63) is 0 Å². The van der Waals surface area contributed by atoms with Gasteiger partial charge in [0.05, 0.1) is 6.61 Å². The topological polar surface area (TPSA) is 69.4 Å². The van der Waals surface area contributed by atoms with Gasteiger partial charge in [-0.2, -0.15) is 0 Å². The van der Waals surface area contributed by atoms with Crippen molar-refractivity contribution in [2.45, 2.75) is 38.6 Å². The van der Waals surface area contributed by atoms with Crippen molar-refractivity contribution >= 4 is 11.8 Å². The Labute approximate surface area is 83.8 Å². The maximum Gasteiger partial charge on any atom is 0.323 e. The predicted molar refractivity (Wildman–Crippen MR) is 51.6 cm³/mol. The molecule has 1 aliphatic carbocycles. The highest BCUT2D eigenvalue weighted by Crippen LogP contribution is 2.23. The second kappa shape index (κ2) is 5.10. The minimum atomic E-state index is -0.761. The first kappa shape index (κ1) is 11.2. The fraction of sp³-hybridized carbons (Fsp3) is 0.800. The lowest BCUT2D eigenvalue weighted by Crippen LogP contribution is -2.44.